The molecule has 0 bridgehead atoms. The third-order valence-corrected chi connectivity index (χ3v) is 2.75. The molecule has 0 atom stereocenters. The van der Waals surface area contributed by atoms with Crippen LogP contribution in [-0.2, 0) is 6.42 Å². The number of carbonyl (C=O) groups is 1. The molecule has 2 rings (SSSR count). The molecule has 0 saturated heterocycles. The summed E-state index contributed by atoms with van der Waals surface area (Å²) in [4.78, 5) is 21.6. The molecule has 0 aliphatic heterocycles. The second kappa shape index (κ2) is 6.01. The number of nitro groups is 1. The van der Waals surface area contributed by atoms with Crippen LogP contribution in [0.1, 0.15) is 29.5 Å². The number of anilines is 1. The fraction of sp³-hybridized carbons (Fsp3) is 0.214. The van der Waals surface area contributed by atoms with Gasteiger partial charge in [-0.25, -0.2) is 0 Å². The normalized spacial score (nSPS) is 10.2. The Bertz CT molecular complexity index is 616. The summed E-state index contributed by atoms with van der Waals surface area (Å²) in [6, 6.07) is 9.88. The zero-order valence-electron chi connectivity index (χ0n) is 11.0. The van der Waals surface area contributed by atoms with Gasteiger partial charge in [-0.2, -0.15) is 0 Å². The predicted molar refractivity (Wildman–Crippen MR) is 73.8 cm³/mol. The molecule has 1 N–H and O–H groups in total. The number of nitrogens with zero attached hydrogens (tertiary/aromatic N) is 1. The molecule has 0 aliphatic rings. The van der Waals surface area contributed by atoms with Crippen LogP contribution in [0.2, 0.25) is 0 Å². The summed E-state index contributed by atoms with van der Waals surface area (Å²) in [6.45, 7) is 2.10. The lowest BCUT2D eigenvalue weighted by Crippen LogP contribution is -2.10. The number of nitrogens with one attached hydrogen (secondary N) is 1. The van der Waals surface area contributed by atoms with Gasteiger partial charge in [-0.05, 0) is 30.2 Å². The average molecular weight is 274 g/mol. The molecule has 104 valence electrons. The first-order valence-corrected chi connectivity index (χ1v) is 6.24. The summed E-state index contributed by atoms with van der Waals surface area (Å²) in [5.74, 6) is -1.05. The van der Waals surface area contributed by atoms with Gasteiger partial charge in [0.15, 0.2) is 5.76 Å². The van der Waals surface area contributed by atoms with E-state index in [-0.39, 0.29) is 5.76 Å². The van der Waals surface area contributed by atoms with E-state index in [0.29, 0.717) is 5.69 Å². The molecule has 20 heavy (non-hydrogen) atoms. The summed E-state index contributed by atoms with van der Waals surface area (Å²) in [5, 5.41) is 13.1. The van der Waals surface area contributed by atoms with Gasteiger partial charge in [-0.15, -0.1) is 0 Å². The van der Waals surface area contributed by atoms with Crippen LogP contribution in [0.5, 0.6) is 0 Å². The van der Waals surface area contributed by atoms with Crippen LogP contribution in [0, 0.1) is 10.1 Å². The van der Waals surface area contributed by atoms with E-state index in [1.807, 2.05) is 12.1 Å². The largest absolute Gasteiger partial charge is 0.433 e. The Morgan fingerprint density at radius 2 is 1.95 bits per heavy atom. The number of hydrogen-bond donors (Lipinski definition) is 1. The van der Waals surface area contributed by atoms with Gasteiger partial charge in [0, 0.05) is 5.69 Å². The van der Waals surface area contributed by atoms with Crippen molar-refractivity contribution in [2.45, 2.75) is 19.8 Å². The second-order valence-electron chi connectivity index (χ2n) is 4.30. The van der Waals surface area contributed by atoms with Gasteiger partial charge < -0.3 is 9.73 Å². The standard InChI is InChI=1S/C14H14N2O4/c1-2-3-10-4-6-11(7-5-10)15-14(17)12-8-9-13(20-12)16(18)19/h4-9H,2-3H2,1H3,(H,15,17). The third-order valence-electron chi connectivity index (χ3n) is 2.75. The molecule has 0 radical (unpaired) electrons. The van der Waals surface area contributed by atoms with Crippen molar-refractivity contribution in [3.63, 3.8) is 0 Å². The van der Waals surface area contributed by atoms with Crippen molar-refractivity contribution in [1.29, 1.82) is 0 Å². The predicted octanol–water partition coefficient (Wildman–Crippen LogP) is 3.39. The highest BCUT2D eigenvalue weighted by Crippen LogP contribution is 2.17. The Kier molecular flexibility index (Phi) is 4.14. The lowest BCUT2D eigenvalue weighted by atomic mass is 10.1. The minimum absolute atomic E-state index is 0.0886. The maximum absolute atomic E-state index is 11.8. The summed E-state index contributed by atoms with van der Waals surface area (Å²) in [7, 11) is 0. The highest BCUT2D eigenvalue weighted by Gasteiger charge is 2.17. The van der Waals surface area contributed by atoms with E-state index in [2.05, 4.69) is 12.2 Å². The SMILES string of the molecule is CCCc1ccc(NC(=O)c2ccc([N+](=O)[O-])o2)cc1. The van der Waals surface area contributed by atoms with Gasteiger partial charge in [-0.3, -0.25) is 14.9 Å². The highest BCUT2D eigenvalue weighted by molar-refractivity contribution is 6.02. The van der Waals surface area contributed by atoms with Gasteiger partial charge in [-0.1, -0.05) is 25.5 Å². The van der Waals surface area contributed by atoms with Crippen LogP contribution in [0.3, 0.4) is 0 Å². The van der Waals surface area contributed by atoms with Gasteiger partial charge in [0.05, 0.1) is 6.07 Å². The minimum atomic E-state index is -0.684. The Hall–Kier alpha value is -2.63. The second-order valence-corrected chi connectivity index (χ2v) is 4.30. The minimum Gasteiger partial charge on any atom is -0.395 e. The number of benzene rings is 1. The number of aryl methyl sites for hydroxylation is 1. The summed E-state index contributed by atoms with van der Waals surface area (Å²) in [6.07, 6.45) is 2.04. The molecule has 2 aromatic rings. The number of furan rings is 1. The first-order chi connectivity index (χ1) is 9.60. The first-order valence-electron chi connectivity index (χ1n) is 6.24. The maximum atomic E-state index is 11.8. The Morgan fingerprint density at radius 1 is 1.25 bits per heavy atom. The molecular weight excluding hydrogens is 260 g/mol. The summed E-state index contributed by atoms with van der Waals surface area (Å²) >= 11 is 0. The van der Waals surface area contributed by atoms with E-state index >= 15 is 0 Å². The molecule has 1 aromatic carbocycles. The Morgan fingerprint density at radius 3 is 2.50 bits per heavy atom. The molecule has 0 saturated carbocycles. The fourth-order valence-corrected chi connectivity index (χ4v) is 1.78. The van der Waals surface area contributed by atoms with Crippen molar-refractivity contribution < 1.29 is 14.1 Å². The molecular formula is C14H14N2O4. The van der Waals surface area contributed by atoms with Crippen LogP contribution in [0.15, 0.2) is 40.8 Å². The van der Waals surface area contributed by atoms with Crippen molar-refractivity contribution in [1.82, 2.24) is 0 Å². The van der Waals surface area contributed by atoms with Crippen LogP contribution < -0.4 is 5.32 Å². The van der Waals surface area contributed by atoms with Crippen LogP contribution in [0.25, 0.3) is 0 Å². The van der Waals surface area contributed by atoms with Gasteiger partial charge in [0.1, 0.15) is 4.92 Å². The number of hydrogen-bond acceptors (Lipinski definition) is 4. The molecule has 1 amide bonds. The first kappa shape index (κ1) is 13.8. The Labute approximate surface area is 115 Å². The van der Waals surface area contributed by atoms with Crippen LogP contribution >= 0.6 is 0 Å². The molecule has 1 aromatic heterocycles. The van der Waals surface area contributed by atoms with Crippen molar-refractivity contribution in [2.75, 3.05) is 5.32 Å². The van der Waals surface area contributed by atoms with E-state index in [0.717, 1.165) is 18.9 Å². The van der Waals surface area contributed by atoms with Gasteiger partial charge in [0.2, 0.25) is 0 Å². The zero-order chi connectivity index (χ0) is 14.5. The third kappa shape index (κ3) is 3.23. The van der Waals surface area contributed by atoms with Crippen molar-refractivity contribution in [2.24, 2.45) is 0 Å². The highest BCUT2D eigenvalue weighted by atomic mass is 16.6. The van der Waals surface area contributed by atoms with E-state index in [4.69, 9.17) is 4.42 Å². The summed E-state index contributed by atoms with van der Waals surface area (Å²) < 4.78 is 4.83. The van der Waals surface area contributed by atoms with E-state index in [1.165, 1.54) is 11.6 Å². The number of amides is 1. The van der Waals surface area contributed by atoms with E-state index in [9.17, 15) is 14.9 Å². The maximum Gasteiger partial charge on any atom is 0.433 e. The van der Waals surface area contributed by atoms with Gasteiger partial charge >= 0.3 is 5.88 Å². The van der Waals surface area contributed by atoms with Crippen molar-refractivity contribution >= 4 is 17.5 Å². The average Bonchev–Trinajstić information content (AvgIpc) is 2.91. The monoisotopic (exact) mass is 274 g/mol. The lowest BCUT2D eigenvalue weighted by Gasteiger charge is -2.04. The van der Waals surface area contributed by atoms with Crippen LogP contribution in [0.4, 0.5) is 11.6 Å². The molecule has 0 unspecified atom stereocenters. The molecule has 1 heterocycles. The van der Waals surface area contributed by atoms with E-state index < -0.39 is 16.7 Å². The molecule has 6 nitrogen and oxygen atoms in total. The van der Waals surface area contributed by atoms with Crippen molar-refractivity contribution in [3.05, 3.63) is 57.8 Å². The van der Waals surface area contributed by atoms with Crippen molar-refractivity contribution in [3.8, 4) is 0 Å². The van der Waals surface area contributed by atoms with Crippen LogP contribution in [-0.4, -0.2) is 10.8 Å². The summed E-state index contributed by atoms with van der Waals surface area (Å²) in [5.41, 5.74) is 1.81. The van der Waals surface area contributed by atoms with E-state index in [1.54, 1.807) is 12.1 Å². The molecule has 0 spiro atoms. The molecule has 0 aliphatic carbocycles. The topological polar surface area (TPSA) is 85.4 Å². The quantitative estimate of drug-likeness (QED) is 0.668. The smallest absolute Gasteiger partial charge is 0.395 e. The fourth-order valence-electron chi connectivity index (χ4n) is 1.78. The zero-order valence-corrected chi connectivity index (χ0v) is 11.0. The lowest BCUT2D eigenvalue weighted by molar-refractivity contribution is -0.402. The number of carbonyl (C=O) groups excluding carboxylic acids is 1. The molecule has 6 heteroatoms. The van der Waals surface area contributed by atoms with Gasteiger partial charge in [0.25, 0.3) is 5.91 Å². The molecule has 0 fully saturated rings. The Balaban J connectivity index is 2.04. The number of rotatable bonds is 5.